The number of nitrogens with zero attached hydrogens (tertiary/aromatic N) is 4. The van der Waals surface area contributed by atoms with Crippen molar-refractivity contribution in [2.75, 3.05) is 12.3 Å². The molecule has 0 atom stereocenters. The number of aromatic nitrogens is 3. The van der Waals surface area contributed by atoms with Gasteiger partial charge in [-0.2, -0.15) is 0 Å². The van der Waals surface area contributed by atoms with Crippen molar-refractivity contribution < 1.29 is 4.79 Å². The molecule has 0 saturated carbocycles. The summed E-state index contributed by atoms with van der Waals surface area (Å²) in [6.45, 7) is 1.88. The molecule has 19 heavy (non-hydrogen) atoms. The Labute approximate surface area is 114 Å². The fourth-order valence-corrected chi connectivity index (χ4v) is 2.39. The van der Waals surface area contributed by atoms with Crippen LogP contribution in [0.1, 0.15) is 16.2 Å². The van der Waals surface area contributed by atoms with Crippen molar-refractivity contribution in [1.29, 1.82) is 0 Å². The van der Waals surface area contributed by atoms with Crippen LogP contribution in [0.4, 0.5) is 5.82 Å². The topological polar surface area (TPSA) is 77.0 Å². The van der Waals surface area contributed by atoms with Gasteiger partial charge in [-0.1, -0.05) is 11.6 Å². The normalized spacial score (nSPS) is 14.3. The third kappa shape index (κ3) is 2.26. The monoisotopic (exact) mass is 277 g/mol. The highest BCUT2D eigenvalue weighted by Crippen LogP contribution is 2.17. The summed E-state index contributed by atoms with van der Waals surface area (Å²) in [5.41, 5.74) is 6.06. The highest BCUT2D eigenvalue weighted by Gasteiger charge is 2.22. The lowest BCUT2D eigenvalue weighted by atomic mass is 10.2. The molecule has 0 aromatic carbocycles. The zero-order valence-electron chi connectivity index (χ0n) is 10.1. The van der Waals surface area contributed by atoms with E-state index in [-0.39, 0.29) is 16.9 Å². The van der Waals surface area contributed by atoms with Crippen molar-refractivity contribution in [3.63, 3.8) is 0 Å². The number of carbonyl (C=O) groups excluding carboxylic acids is 1. The summed E-state index contributed by atoms with van der Waals surface area (Å²) >= 11 is 5.82. The Morgan fingerprint density at radius 1 is 1.37 bits per heavy atom. The SMILES string of the molecule is Nc1cc(C(=O)N2CCn3ccnc3C2)cc(Cl)n1. The molecule has 1 aliphatic heterocycles. The predicted octanol–water partition coefficient (Wildman–Crippen LogP) is 1.17. The molecule has 2 N–H and O–H groups in total. The lowest BCUT2D eigenvalue weighted by Crippen LogP contribution is -2.38. The summed E-state index contributed by atoms with van der Waals surface area (Å²) < 4.78 is 2.04. The number of nitrogens with two attached hydrogens (primary N) is 1. The second kappa shape index (κ2) is 4.55. The Morgan fingerprint density at radius 3 is 3.00 bits per heavy atom. The molecule has 0 unspecified atom stereocenters. The minimum absolute atomic E-state index is 0.106. The summed E-state index contributed by atoms with van der Waals surface area (Å²) in [7, 11) is 0. The van der Waals surface area contributed by atoms with Crippen molar-refractivity contribution >= 4 is 23.3 Å². The van der Waals surface area contributed by atoms with E-state index in [9.17, 15) is 4.79 Å². The average Bonchev–Trinajstić information content (AvgIpc) is 2.83. The van der Waals surface area contributed by atoms with Gasteiger partial charge in [-0.3, -0.25) is 4.79 Å². The molecule has 98 valence electrons. The van der Waals surface area contributed by atoms with E-state index in [0.29, 0.717) is 18.7 Å². The number of nitrogen functional groups attached to an aromatic ring is 1. The zero-order valence-corrected chi connectivity index (χ0v) is 10.8. The summed E-state index contributed by atoms with van der Waals surface area (Å²) in [6, 6.07) is 3.07. The number of imidazole rings is 1. The Balaban J connectivity index is 1.85. The molecule has 3 heterocycles. The van der Waals surface area contributed by atoms with Gasteiger partial charge in [-0.15, -0.1) is 0 Å². The van der Waals surface area contributed by atoms with E-state index in [1.165, 1.54) is 12.1 Å². The lowest BCUT2D eigenvalue weighted by molar-refractivity contribution is 0.0707. The molecule has 6 nitrogen and oxygen atoms in total. The maximum Gasteiger partial charge on any atom is 0.254 e. The zero-order chi connectivity index (χ0) is 13.4. The predicted molar refractivity (Wildman–Crippen MR) is 70.6 cm³/mol. The highest BCUT2D eigenvalue weighted by molar-refractivity contribution is 6.29. The Kier molecular flexibility index (Phi) is 2.87. The van der Waals surface area contributed by atoms with Gasteiger partial charge in [0.15, 0.2) is 0 Å². The molecule has 0 aliphatic carbocycles. The van der Waals surface area contributed by atoms with Gasteiger partial charge in [0.05, 0.1) is 6.54 Å². The van der Waals surface area contributed by atoms with Crippen LogP contribution in [0, 0.1) is 0 Å². The summed E-state index contributed by atoms with van der Waals surface area (Å²) in [6.07, 6.45) is 3.66. The van der Waals surface area contributed by atoms with Crippen LogP contribution in [0.15, 0.2) is 24.5 Å². The third-order valence-corrected chi connectivity index (χ3v) is 3.29. The molecule has 3 rings (SSSR count). The van der Waals surface area contributed by atoms with Crippen LogP contribution in [0.25, 0.3) is 0 Å². The molecule has 0 radical (unpaired) electrons. The van der Waals surface area contributed by atoms with Crippen molar-refractivity contribution in [3.8, 4) is 0 Å². The highest BCUT2D eigenvalue weighted by atomic mass is 35.5. The standard InChI is InChI=1S/C12H12ClN5O/c13-9-5-8(6-10(14)16-9)12(19)18-4-3-17-2-1-15-11(17)7-18/h1-2,5-6H,3-4,7H2,(H2,14,16). The van der Waals surface area contributed by atoms with Crippen LogP contribution in [-0.2, 0) is 13.1 Å². The number of hydrogen-bond donors (Lipinski definition) is 1. The first kappa shape index (κ1) is 12.0. The van der Waals surface area contributed by atoms with Gasteiger partial charge in [0.25, 0.3) is 5.91 Å². The Morgan fingerprint density at radius 2 is 2.21 bits per heavy atom. The van der Waals surface area contributed by atoms with Crippen LogP contribution in [0.5, 0.6) is 0 Å². The van der Waals surface area contributed by atoms with Crippen LogP contribution in [0.2, 0.25) is 5.15 Å². The first-order valence-corrected chi connectivity index (χ1v) is 6.23. The molecule has 0 bridgehead atoms. The molecular weight excluding hydrogens is 266 g/mol. The van der Waals surface area contributed by atoms with Gasteiger partial charge >= 0.3 is 0 Å². The molecule has 1 aliphatic rings. The number of carbonyl (C=O) groups is 1. The Bertz CT molecular complexity index is 619. The molecule has 7 heteroatoms. The first-order chi connectivity index (χ1) is 9.13. The number of halogens is 1. The van der Waals surface area contributed by atoms with Gasteiger partial charge in [0, 0.05) is 31.0 Å². The number of rotatable bonds is 1. The summed E-state index contributed by atoms with van der Waals surface area (Å²) in [5.74, 6) is 1.02. The summed E-state index contributed by atoms with van der Waals surface area (Å²) in [5, 5.41) is 0.224. The fourth-order valence-electron chi connectivity index (χ4n) is 2.17. The first-order valence-electron chi connectivity index (χ1n) is 5.86. The molecule has 2 aromatic rings. The van der Waals surface area contributed by atoms with E-state index in [2.05, 4.69) is 9.97 Å². The number of hydrogen-bond acceptors (Lipinski definition) is 4. The van der Waals surface area contributed by atoms with Crippen LogP contribution < -0.4 is 5.73 Å². The van der Waals surface area contributed by atoms with Crippen molar-refractivity contribution in [2.45, 2.75) is 13.1 Å². The minimum atomic E-state index is -0.106. The molecule has 0 saturated heterocycles. The van der Waals surface area contributed by atoms with Crippen molar-refractivity contribution in [3.05, 3.63) is 41.1 Å². The third-order valence-electron chi connectivity index (χ3n) is 3.09. The fraction of sp³-hybridized carbons (Fsp3) is 0.250. The molecule has 1 amide bonds. The van der Waals surface area contributed by atoms with Crippen LogP contribution in [-0.4, -0.2) is 31.9 Å². The van der Waals surface area contributed by atoms with E-state index in [1.54, 1.807) is 11.1 Å². The smallest absolute Gasteiger partial charge is 0.254 e. The maximum atomic E-state index is 12.4. The van der Waals surface area contributed by atoms with E-state index in [4.69, 9.17) is 17.3 Å². The summed E-state index contributed by atoms with van der Waals surface area (Å²) in [4.78, 5) is 22.2. The van der Waals surface area contributed by atoms with Gasteiger partial charge < -0.3 is 15.2 Å². The van der Waals surface area contributed by atoms with Crippen molar-refractivity contribution in [2.24, 2.45) is 0 Å². The van der Waals surface area contributed by atoms with Gasteiger partial charge in [0.1, 0.15) is 16.8 Å². The number of fused-ring (bicyclic) bond motifs is 1. The van der Waals surface area contributed by atoms with E-state index < -0.39 is 0 Å². The molecule has 2 aromatic heterocycles. The number of pyridine rings is 1. The van der Waals surface area contributed by atoms with Crippen LogP contribution >= 0.6 is 11.6 Å². The van der Waals surface area contributed by atoms with Crippen LogP contribution in [0.3, 0.4) is 0 Å². The minimum Gasteiger partial charge on any atom is -0.384 e. The van der Waals surface area contributed by atoms with E-state index >= 15 is 0 Å². The number of anilines is 1. The van der Waals surface area contributed by atoms with E-state index in [1.807, 2.05) is 10.8 Å². The second-order valence-corrected chi connectivity index (χ2v) is 4.75. The Hall–Kier alpha value is -2.08. The van der Waals surface area contributed by atoms with Crippen molar-refractivity contribution in [1.82, 2.24) is 19.4 Å². The van der Waals surface area contributed by atoms with Gasteiger partial charge in [-0.05, 0) is 12.1 Å². The second-order valence-electron chi connectivity index (χ2n) is 4.37. The molecular formula is C12H12ClN5O. The number of amides is 1. The maximum absolute atomic E-state index is 12.4. The molecule has 0 fully saturated rings. The van der Waals surface area contributed by atoms with Gasteiger partial charge in [0.2, 0.25) is 0 Å². The quantitative estimate of drug-likeness (QED) is 0.794. The van der Waals surface area contributed by atoms with E-state index in [0.717, 1.165) is 12.4 Å². The average molecular weight is 278 g/mol. The van der Waals surface area contributed by atoms with Gasteiger partial charge in [-0.25, -0.2) is 9.97 Å². The molecule has 0 spiro atoms. The largest absolute Gasteiger partial charge is 0.384 e. The lowest BCUT2D eigenvalue weighted by Gasteiger charge is -2.27.